The first kappa shape index (κ1) is 10.6. The number of carbonyl (C=O) groups excluding carboxylic acids is 1. The van der Waals surface area contributed by atoms with Gasteiger partial charge in [-0.05, 0) is 25.2 Å². The number of hydrogen-bond acceptors (Lipinski definition) is 5. The maximum absolute atomic E-state index is 11.2. The number of aromatic nitrogens is 1. The Labute approximate surface area is 86.9 Å². The minimum absolute atomic E-state index is 0.344. The van der Waals surface area contributed by atoms with E-state index in [2.05, 4.69) is 17.2 Å². The van der Waals surface area contributed by atoms with Gasteiger partial charge in [0.25, 0.3) is 0 Å². The molecule has 0 saturated carbocycles. The number of pyridine rings is 1. The van der Waals surface area contributed by atoms with Crippen molar-refractivity contribution in [3.63, 3.8) is 0 Å². The average molecular weight is 211 g/mol. The monoisotopic (exact) mass is 211 g/mol. The van der Waals surface area contributed by atoms with Crippen LogP contribution in [0.2, 0.25) is 0 Å². The second kappa shape index (κ2) is 5.29. The molecule has 0 aliphatic heterocycles. The second-order valence-corrected chi connectivity index (χ2v) is 2.51. The molecule has 0 spiro atoms. The van der Waals surface area contributed by atoms with E-state index in [-0.39, 0.29) is 0 Å². The standard InChI is InChI=1S/C9H9NO3S/c1-2-12-9(11)7-3-4-8(10-5-7)13-6-14/h3-6H,2H2,1H3. The van der Waals surface area contributed by atoms with E-state index in [4.69, 9.17) is 9.47 Å². The first-order valence-electron chi connectivity index (χ1n) is 4.01. The van der Waals surface area contributed by atoms with E-state index in [0.29, 0.717) is 18.1 Å². The lowest BCUT2D eigenvalue weighted by Gasteiger charge is -2.01. The van der Waals surface area contributed by atoms with Crippen molar-refractivity contribution in [3.05, 3.63) is 23.9 Å². The van der Waals surface area contributed by atoms with Crippen molar-refractivity contribution in [2.75, 3.05) is 6.61 Å². The molecule has 0 radical (unpaired) electrons. The minimum Gasteiger partial charge on any atom is -0.462 e. The summed E-state index contributed by atoms with van der Waals surface area (Å²) in [7, 11) is 0. The third-order valence-electron chi connectivity index (χ3n) is 1.42. The predicted molar refractivity (Wildman–Crippen MR) is 54.5 cm³/mol. The smallest absolute Gasteiger partial charge is 0.339 e. The van der Waals surface area contributed by atoms with Crippen LogP contribution < -0.4 is 4.74 Å². The van der Waals surface area contributed by atoms with Crippen LogP contribution in [0.5, 0.6) is 5.88 Å². The average Bonchev–Trinajstić information content (AvgIpc) is 2.20. The molecule has 1 rings (SSSR count). The van der Waals surface area contributed by atoms with Crippen molar-refractivity contribution in [2.24, 2.45) is 0 Å². The summed E-state index contributed by atoms with van der Waals surface area (Å²) in [6.45, 7) is 2.09. The molecule has 0 unspecified atom stereocenters. The summed E-state index contributed by atoms with van der Waals surface area (Å²) in [5.41, 5.74) is 1.50. The fourth-order valence-corrected chi connectivity index (χ4v) is 0.933. The summed E-state index contributed by atoms with van der Waals surface area (Å²) in [6, 6.07) is 3.12. The molecule has 0 N–H and O–H groups in total. The Bertz CT molecular complexity index is 323. The molecule has 1 aromatic heterocycles. The van der Waals surface area contributed by atoms with Gasteiger partial charge in [0.15, 0.2) is 5.55 Å². The van der Waals surface area contributed by atoms with Crippen LogP contribution in [0.3, 0.4) is 0 Å². The van der Waals surface area contributed by atoms with E-state index in [1.807, 2.05) is 0 Å². The third-order valence-corrected chi connectivity index (χ3v) is 1.51. The lowest BCUT2D eigenvalue weighted by atomic mass is 10.3. The number of rotatable bonds is 4. The zero-order valence-corrected chi connectivity index (χ0v) is 8.41. The maximum Gasteiger partial charge on any atom is 0.339 e. The van der Waals surface area contributed by atoms with Gasteiger partial charge in [0.05, 0.1) is 12.2 Å². The number of ether oxygens (including phenoxy) is 2. The van der Waals surface area contributed by atoms with Crippen molar-refractivity contribution in [3.8, 4) is 5.88 Å². The summed E-state index contributed by atoms with van der Waals surface area (Å²) in [5, 5.41) is 0. The number of nitrogens with zero attached hydrogens (tertiary/aromatic N) is 1. The SMILES string of the molecule is CCOC(=O)c1ccc(OC=S)nc1. The van der Waals surface area contributed by atoms with Gasteiger partial charge in [0.1, 0.15) is 0 Å². The highest BCUT2D eigenvalue weighted by atomic mass is 32.1. The normalized spacial score (nSPS) is 9.21. The van der Waals surface area contributed by atoms with E-state index < -0.39 is 5.97 Å². The lowest BCUT2D eigenvalue weighted by molar-refractivity contribution is 0.0526. The highest BCUT2D eigenvalue weighted by Crippen LogP contribution is 2.07. The van der Waals surface area contributed by atoms with E-state index in [1.165, 1.54) is 6.20 Å². The van der Waals surface area contributed by atoms with Crippen LogP contribution in [-0.4, -0.2) is 23.1 Å². The van der Waals surface area contributed by atoms with Gasteiger partial charge in [-0.1, -0.05) is 0 Å². The molecule has 0 fully saturated rings. The van der Waals surface area contributed by atoms with Gasteiger partial charge in [-0.25, -0.2) is 9.78 Å². The topological polar surface area (TPSA) is 48.4 Å². The summed E-state index contributed by atoms with van der Waals surface area (Å²) in [5.74, 6) is -0.0399. The van der Waals surface area contributed by atoms with Crippen LogP contribution >= 0.6 is 12.2 Å². The Hall–Kier alpha value is -1.49. The molecule has 0 saturated heterocycles. The highest BCUT2D eigenvalue weighted by molar-refractivity contribution is 7.78. The summed E-state index contributed by atoms with van der Waals surface area (Å²) < 4.78 is 9.61. The molecule has 0 atom stereocenters. The highest BCUT2D eigenvalue weighted by Gasteiger charge is 2.06. The van der Waals surface area contributed by atoms with Crippen molar-refractivity contribution in [1.29, 1.82) is 0 Å². The van der Waals surface area contributed by atoms with Gasteiger partial charge in [0, 0.05) is 12.3 Å². The first-order chi connectivity index (χ1) is 6.77. The van der Waals surface area contributed by atoms with Crippen LogP contribution in [0.25, 0.3) is 0 Å². The molecule has 74 valence electrons. The van der Waals surface area contributed by atoms with Crippen LogP contribution in [0, 0.1) is 0 Å². The molecule has 4 nitrogen and oxygen atoms in total. The molecule has 0 aromatic carbocycles. The molecule has 1 aromatic rings. The van der Waals surface area contributed by atoms with E-state index in [9.17, 15) is 4.79 Å². The Morgan fingerprint density at radius 1 is 1.64 bits per heavy atom. The van der Waals surface area contributed by atoms with Crippen LogP contribution in [0.4, 0.5) is 0 Å². The first-order valence-corrected chi connectivity index (χ1v) is 4.48. The number of thiocarbonyl (C=S) groups is 1. The molecule has 0 aliphatic carbocycles. The van der Waals surface area contributed by atoms with Crippen molar-refractivity contribution >= 4 is 23.7 Å². The summed E-state index contributed by atoms with van der Waals surface area (Å²) in [4.78, 5) is 15.0. The third kappa shape index (κ3) is 2.77. The van der Waals surface area contributed by atoms with Crippen LogP contribution in [0.15, 0.2) is 18.3 Å². The molecule has 14 heavy (non-hydrogen) atoms. The summed E-state index contributed by atoms with van der Waals surface area (Å²) in [6.07, 6.45) is 1.38. The number of carbonyl (C=O) groups is 1. The minimum atomic E-state index is -0.395. The van der Waals surface area contributed by atoms with E-state index >= 15 is 0 Å². The van der Waals surface area contributed by atoms with Crippen LogP contribution in [-0.2, 0) is 4.74 Å². The lowest BCUT2D eigenvalue weighted by Crippen LogP contribution is -2.05. The Morgan fingerprint density at radius 3 is 2.93 bits per heavy atom. The molecule has 0 amide bonds. The van der Waals surface area contributed by atoms with Gasteiger partial charge >= 0.3 is 5.97 Å². The van der Waals surface area contributed by atoms with Crippen LogP contribution in [0.1, 0.15) is 17.3 Å². The molecule has 5 heteroatoms. The van der Waals surface area contributed by atoms with Gasteiger partial charge in [-0.2, -0.15) is 0 Å². The van der Waals surface area contributed by atoms with E-state index in [1.54, 1.807) is 19.1 Å². The second-order valence-electron chi connectivity index (χ2n) is 2.32. The Kier molecular flexibility index (Phi) is 4.00. The summed E-state index contributed by atoms with van der Waals surface area (Å²) >= 11 is 4.48. The molecule has 0 bridgehead atoms. The molecular weight excluding hydrogens is 202 g/mol. The zero-order valence-electron chi connectivity index (χ0n) is 7.60. The van der Waals surface area contributed by atoms with Gasteiger partial charge < -0.3 is 9.47 Å². The number of esters is 1. The molecule has 0 aliphatic rings. The van der Waals surface area contributed by atoms with E-state index in [0.717, 1.165) is 5.55 Å². The van der Waals surface area contributed by atoms with Gasteiger partial charge in [-0.3, -0.25) is 0 Å². The van der Waals surface area contributed by atoms with Crippen molar-refractivity contribution in [1.82, 2.24) is 4.98 Å². The Balaban J connectivity index is 2.72. The quantitative estimate of drug-likeness (QED) is 0.559. The number of hydrogen-bond donors (Lipinski definition) is 0. The van der Waals surface area contributed by atoms with Crippen molar-refractivity contribution in [2.45, 2.75) is 6.92 Å². The fraction of sp³-hybridized carbons (Fsp3) is 0.222. The molecule has 1 heterocycles. The maximum atomic E-state index is 11.2. The largest absolute Gasteiger partial charge is 0.462 e. The predicted octanol–water partition coefficient (Wildman–Crippen LogP) is 1.59. The van der Waals surface area contributed by atoms with Gasteiger partial charge in [-0.15, -0.1) is 0 Å². The fourth-order valence-electron chi connectivity index (χ4n) is 0.834. The molecular formula is C9H9NO3S. The zero-order chi connectivity index (χ0) is 10.4. The Morgan fingerprint density at radius 2 is 2.43 bits per heavy atom. The van der Waals surface area contributed by atoms with Gasteiger partial charge in [0.2, 0.25) is 5.88 Å². The van der Waals surface area contributed by atoms with Crippen molar-refractivity contribution < 1.29 is 14.3 Å².